The van der Waals surface area contributed by atoms with Crippen molar-refractivity contribution >= 4 is 5.91 Å². The summed E-state index contributed by atoms with van der Waals surface area (Å²) in [5.74, 6) is -2.05. The van der Waals surface area contributed by atoms with Crippen molar-refractivity contribution < 1.29 is 27.1 Å². The normalized spacial score (nSPS) is 17.5. The number of piperidine rings is 1. The van der Waals surface area contributed by atoms with Crippen LogP contribution in [0.15, 0.2) is 18.2 Å². The molecule has 1 aromatic rings. The molecule has 134 valence electrons. The first kappa shape index (κ1) is 18.7. The van der Waals surface area contributed by atoms with Crippen LogP contribution >= 0.6 is 0 Å². The van der Waals surface area contributed by atoms with Gasteiger partial charge in [0.05, 0.1) is 12.2 Å². The number of amides is 1. The zero-order valence-corrected chi connectivity index (χ0v) is 13.3. The maximum atomic E-state index is 13.3. The summed E-state index contributed by atoms with van der Waals surface area (Å²) in [6.07, 6.45) is -3.26. The van der Waals surface area contributed by atoms with E-state index in [0.717, 1.165) is 32.0 Å². The van der Waals surface area contributed by atoms with Crippen LogP contribution in [0.5, 0.6) is 0 Å². The van der Waals surface area contributed by atoms with Gasteiger partial charge in [0.15, 0.2) is 0 Å². The van der Waals surface area contributed by atoms with E-state index in [9.17, 15) is 22.4 Å². The summed E-state index contributed by atoms with van der Waals surface area (Å²) in [6.45, 7) is 2.31. The van der Waals surface area contributed by atoms with Crippen molar-refractivity contribution in [1.29, 1.82) is 0 Å². The number of rotatable bonds is 5. The molecule has 8 heteroatoms. The lowest BCUT2D eigenvalue weighted by molar-refractivity contribution is -0.140. The third-order valence-corrected chi connectivity index (χ3v) is 4.27. The van der Waals surface area contributed by atoms with Gasteiger partial charge in [-0.15, -0.1) is 0 Å². The van der Waals surface area contributed by atoms with Crippen LogP contribution in [0, 0.1) is 11.2 Å². The highest BCUT2D eigenvalue weighted by Gasteiger charge is 2.35. The van der Waals surface area contributed by atoms with Gasteiger partial charge in [0.25, 0.3) is 5.91 Å². The molecule has 2 N–H and O–H groups in total. The van der Waals surface area contributed by atoms with Crippen LogP contribution < -0.4 is 10.6 Å². The summed E-state index contributed by atoms with van der Waals surface area (Å²) >= 11 is 0. The van der Waals surface area contributed by atoms with E-state index in [-0.39, 0.29) is 11.0 Å². The Balaban J connectivity index is 2.09. The Morgan fingerprint density at radius 3 is 2.58 bits per heavy atom. The van der Waals surface area contributed by atoms with Crippen molar-refractivity contribution in [2.75, 3.05) is 33.4 Å². The molecule has 0 spiro atoms. The summed E-state index contributed by atoms with van der Waals surface area (Å²) in [5.41, 5.74) is -1.91. The number of ether oxygens (including phenoxy) is 1. The maximum Gasteiger partial charge on any atom is 0.419 e. The molecule has 4 nitrogen and oxygen atoms in total. The minimum absolute atomic E-state index is 0.217. The maximum absolute atomic E-state index is 13.3. The quantitative estimate of drug-likeness (QED) is 0.805. The topological polar surface area (TPSA) is 50.4 Å². The highest BCUT2D eigenvalue weighted by molar-refractivity contribution is 5.94. The molecule has 2 rings (SSSR count). The Morgan fingerprint density at radius 2 is 2.00 bits per heavy atom. The van der Waals surface area contributed by atoms with Gasteiger partial charge >= 0.3 is 6.18 Å². The molecule has 1 aliphatic heterocycles. The lowest BCUT2D eigenvalue weighted by Gasteiger charge is -2.37. The molecule has 1 fully saturated rings. The largest absolute Gasteiger partial charge is 0.419 e. The van der Waals surface area contributed by atoms with E-state index < -0.39 is 23.5 Å². The number of carbonyl (C=O) groups excluding carboxylic acids is 1. The molecule has 0 unspecified atom stereocenters. The van der Waals surface area contributed by atoms with Gasteiger partial charge in [-0.2, -0.15) is 13.2 Å². The molecule has 0 atom stereocenters. The molecule has 24 heavy (non-hydrogen) atoms. The summed E-state index contributed by atoms with van der Waals surface area (Å²) in [5, 5.41) is 5.87. The van der Waals surface area contributed by atoms with Crippen molar-refractivity contribution in [2.24, 2.45) is 5.41 Å². The standard InChI is InChI=1S/C16H20F4N2O2/c1-24-10-15(4-6-21-7-5-15)9-22-14(23)11-2-3-13(17)12(8-11)16(18,19)20/h2-3,8,21H,4-7,9-10H2,1H3,(H,22,23). The first-order valence-electron chi connectivity index (χ1n) is 7.62. The van der Waals surface area contributed by atoms with Crippen LogP contribution in [0.3, 0.4) is 0 Å². The van der Waals surface area contributed by atoms with E-state index in [0.29, 0.717) is 25.3 Å². The molecule has 1 aliphatic rings. The molecule has 0 aromatic heterocycles. The number of halogens is 4. The van der Waals surface area contributed by atoms with E-state index in [1.54, 1.807) is 7.11 Å². The first-order valence-corrected chi connectivity index (χ1v) is 7.62. The lowest BCUT2D eigenvalue weighted by atomic mass is 9.79. The Kier molecular flexibility index (Phi) is 5.82. The van der Waals surface area contributed by atoms with Gasteiger partial charge in [-0.25, -0.2) is 4.39 Å². The van der Waals surface area contributed by atoms with Crippen molar-refractivity contribution in [1.82, 2.24) is 10.6 Å². The molecule has 1 saturated heterocycles. The average Bonchev–Trinajstić information content (AvgIpc) is 2.53. The minimum atomic E-state index is -4.84. The molecule has 0 aliphatic carbocycles. The second-order valence-electron chi connectivity index (χ2n) is 6.06. The minimum Gasteiger partial charge on any atom is -0.384 e. The highest BCUT2D eigenvalue weighted by Crippen LogP contribution is 2.32. The summed E-state index contributed by atoms with van der Waals surface area (Å²) in [4.78, 5) is 12.2. The van der Waals surface area contributed by atoms with E-state index >= 15 is 0 Å². The monoisotopic (exact) mass is 348 g/mol. The number of hydrogen-bond donors (Lipinski definition) is 2. The van der Waals surface area contributed by atoms with Crippen LogP contribution in [0.25, 0.3) is 0 Å². The predicted molar refractivity (Wildman–Crippen MR) is 80.1 cm³/mol. The van der Waals surface area contributed by atoms with Crippen LogP contribution in [0.4, 0.5) is 17.6 Å². The zero-order chi connectivity index (χ0) is 17.8. The third-order valence-electron chi connectivity index (χ3n) is 4.27. The fraction of sp³-hybridized carbons (Fsp3) is 0.562. The number of alkyl halides is 3. The van der Waals surface area contributed by atoms with Gasteiger partial charge in [0.2, 0.25) is 0 Å². The Hall–Kier alpha value is -1.67. The number of benzene rings is 1. The molecule has 0 bridgehead atoms. The van der Waals surface area contributed by atoms with E-state index in [1.165, 1.54) is 0 Å². The van der Waals surface area contributed by atoms with Crippen LogP contribution in [-0.4, -0.2) is 39.3 Å². The Labute approximate surface area is 137 Å². The second kappa shape index (κ2) is 7.48. The zero-order valence-electron chi connectivity index (χ0n) is 13.3. The second-order valence-corrected chi connectivity index (χ2v) is 6.06. The van der Waals surface area contributed by atoms with Gasteiger partial charge < -0.3 is 15.4 Å². The van der Waals surface area contributed by atoms with Crippen LogP contribution in [-0.2, 0) is 10.9 Å². The lowest BCUT2D eigenvalue weighted by Crippen LogP contribution is -2.47. The van der Waals surface area contributed by atoms with E-state index in [1.807, 2.05) is 0 Å². The van der Waals surface area contributed by atoms with E-state index in [4.69, 9.17) is 4.74 Å². The summed E-state index contributed by atoms with van der Waals surface area (Å²) in [7, 11) is 1.57. The molecule has 0 saturated carbocycles. The fourth-order valence-corrected chi connectivity index (χ4v) is 2.89. The van der Waals surface area contributed by atoms with Crippen molar-refractivity contribution in [3.63, 3.8) is 0 Å². The predicted octanol–water partition coefficient (Wildman–Crippen LogP) is 2.59. The smallest absolute Gasteiger partial charge is 0.384 e. The Morgan fingerprint density at radius 1 is 1.33 bits per heavy atom. The molecule has 1 aromatic carbocycles. The fourth-order valence-electron chi connectivity index (χ4n) is 2.89. The molecule has 1 amide bonds. The summed E-state index contributed by atoms with van der Waals surface area (Å²) < 4.78 is 56.7. The molecular weight excluding hydrogens is 328 g/mol. The van der Waals surface area contributed by atoms with Crippen LogP contribution in [0.1, 0.15) is 28.8 Å². The average molecular weight is 348 g/mol. The van der Waals surface area contributed by atoms with Gasteiger partial charge in [0.1, 0.15) is 5.82 Å². The van der Waals surface area contributed by atoms with Gasteiger partial charge in [-0.1, -0.05) is 0 Å². The van der Waals surface area contributed by atoms with Crippen LogP contribution in [0.2, 0.25) is 0 Å². The van der Waals surface area contributed by atoms with Gasteiger partial charge in [-0.05, 0) is 44.1 Å². The molecule has 1 heterocycles. The van der Waals surface area contributed by atoms with Gasteiger partial charge in [-0.3, -0.25) is 4.79 Å². The van der Waals surface area contributed by atoms with Gasteiger partial charge in [0, 0.05) is 24.6 Å². The number of nitrogens with one attached hydrogen (secondary N) is 2. The molecule has 0 radical (unpaired) electrons. The SMILES string of the molecule is COCC1(CNC(=O)c2ccc(F)c(C(F)(F)F)c2)CCNCC1. The van der Waals surface area contributed by atoms with Crippen molar-refractivity contribution in [3.05, 3.63) is 35.1 Å². The Bertz CT molecular complexity index is 578. The van der Waals surface area contributed by atoms with Crippen molar-refractivity contribution in [2.45, 2.75) is 19.0 Å². The number of methoxy groups -OCH3 is 1. The third kappa shape index (κ3) is 4.45. The van der Waals surface area contributed by atoms with Crippen molar-refractivity contribution in [3.8, 4) is 0 Å². The van der Waals surface area contributed by atoms with E-state index in [2.05, 4.69) is 10.6 Å². The number of hydrogen-bond acceptors (Lipinski definition) is 3. The first-order chi connectivity index (χ1) is 11.3. The number of carbonyl (C=O) groups is 1. The molecular formula is C16H20F4N2O2. The highest BCUT2D eigenvalue weighted by atomic mass is 19.4. The summed E-state index contributed by atoms with van der Waals surface area (Å²) in [6, 6.07) is 2.24.